The fraction of sp³-hybridized carbons (Fsp3) is 0.0952. The van der Waals surface area contributed by atoms with Crippen LogP contribution in [-0.4, -0.2) is 13.3 Å². The Kier molecular flexibility index (Phi) is 5.86. The van der Waals surface area contributed by atoms with Crippen LogP contribution >= 0.6 is 15.9 Å². The van der Waals surface area contributed by atoms with Crippen molar-refractivity contribution in [3.05, 3.63) is 94.5 Å². The Morgan fingerprint density at radius 2 is 1.64 bits per heavy atom. The lowest BCUT2D eigenvalue weighted by atomic mass is 10.2. The lowest BCUT2D eigenvalue weighted by molar-refractivity contribution is 0.414. The Balaban J connectivity index is 1.91. The summed E-state index contributed by atoms with van der Waals surface area (Å²) in [5.41, 5.74) is 3.16. The monoisotopic (exact) mass is 394 g/mol. The van der Waals surface area contributed by atoms with Crippen LogP contribution in [0.3, 0.4) is 0 Å². The summed E-state index contributed by atoms with van der Waals surface area (Å²) in [6.45, 7) is 0.692. The first kappa shape index (κ1) is 17.2. The average Bonchev–Trinajstić information content (AvgIpc) is 2.67. The molecule has 0 aliphatic heterocycles. The molecule has 0 aromatic heterocycles. The number of hydrogen-bond acceptors (Lipinski definition) is 3. The number of ether oxygens (including phenoxy) is 1. The predicted octanol–water partition coefficient (Wildman–Crippen LogP) is 5.50. The van der Waals surface area contributed by atoms with E-state index in [9.17, 15) is 0 Å². The second-order valence-electron chi connectivity index (χ2n) is 5.51. The van der Waals surface area contributed by atoms with Crippen LogP contribution in [-0.2, 0) is 6.54 Å². The Labute approximate surface area is 156 Å². The van der Waals surface area contributed by atoms with Crippen LogP contribution in [0.25, 0.3) is 0 Å². The van der Waals surface area contributed by atoms with Crippen molar-refractivity contribution in [2.24, 2.45) is 5.10 Å². The lowest BCUT2D eigenvalue weighted by Gasteiger charge is -2.19. The number of anilines is 1. The van der Waals surface area contributed by atoms with E-state index in [0.29, 0.717) is 6.54 Å². The molecule has 0 atom stereocenters. The van der Waals surface area contributed by atoms with Crippen molar-refractivity contribution >= 4 is 27.8 Å². The molecule has 126 valence electrons. The van der Waals surface area contributed by atoms with Gasteiger partial charge in [-0.05, 0) is 35.9 Å². The number of rotatable bonds is 6. The molecule has 0 aliphatic carbocycles. The first-order chi connectivity index (χ1) is 12.3. The highest BCUT2D eigenvalue weighted by molar-refractivity contribution is 9.10. The van der Waals surface area contributed by atoms with Gasteiger partial charge in [-0.3, -0.25) is 5.01 Å². The fourth-order valence-electron chi connectivity index (χ4n) is 2.49. The van der Waals surface area contributed by atoms with Gasteiger partial charge in [0.2, 0.25) is 0 Å². The van der Waals surface area contributed by atoms with E-state index < -0.39 is 0 Å². The first-order valence-electron chi connectivity index (χ1n) is 8.00. The number of halogens is 1. The molecule has 3 aromatic rings. The molecule has 0 amide bonds. The molecule has 3 nitrogen and oxygen atoms in total. The molecule has 0 saturated carbocycles. The minimum Gasteiger partial charge on any atom is -0.496 e. The molecule has 0 saturated heterocycles. The van der Waals surface area contributed by atoms with Crippen LogP contribution < -0.4 is 9.75 Å². The highest BCUT2D eigenvalue weighted by Crippen LogP contribution is 2.22. The number of hydrazone groups is 1. The summed E-state index contributed by atoms with van der Waals surface area (Å²) in [7, 11) is 1.67. The Morgan fingerprint density at radius 1 is 0.960 bits per heavy atom. The number of nitrogens with zero attached hydrogens (tertiary/aromatic N) is 2. The van der Waals surface area contributed by atoms with Crippen molar-refractivity contribution in [3.63, 3.8) is 0 Å². The van der Waals surface area contributed by atoms with E-state index in [2.05, 4.69) is 40.2 Å². The molecule has 0 N–H and O–H groups in total. The molecule has 4 heteroatoms. The third-order valence-electron chi connectivity index (χ3n) is 3.76. The minimum atomic E-state index is 0.692. The van der Waals surface area contributed by atoms with Gasteiger partial charge in [-0.2, -0.15) is 5.10 Å². The Morgan fingerprint density at radius 3 is 2.32 bits per heavy atom. The van der Waals surface area contributed by atoms with Gasteiger partial charge in [0.25, 0.3) is 0 Å². The molecule has 0 radical (unpaired) electrons. The van der Waals surface area contributed by atoms with Crippen molar-refractivity contribution in [2.75, 3.05) is 12.1 Å². The second-order valence-corrected chi connectivity index (χ2v) is 6.43. The van der Waals surface area contributed by atoms with Crippen molar-refractivity contribution in [1.82, 2.24) is 0 Å². The zero-order valence-corrected chi connectivity index (χ0v) is 15.6. The van der Waals surface area contributed by atoms with Crippen molar-refractivity contribution in [1.29, 1.82) is 0 Å². The van der Waals surface area contributed by atoms with E-state index in [1.807, 2.05) is 65.8 Å². The molecular weight excluding hydrogens is 376 g/mol. The molecular formula is C21H19BrN2O. The lowest BCUT2D eigenvalue weighted by Crippen LogP contribution is -2.16. The smallest absolute Gasteiger partial charge is 0.127 e. The van der Waals surface area contributed by atoms with Crippen molar-refractivity contribution < 1.29 is 4.74 Å². The Hall–Kier alpha value is -2.59. The van der Waals surface area contributed by atoms with Gasteiger partial charge >= 0.3 is 0 Å². The number of hydrogen-bond donors (Lipinski definition) is 0. The zero-order valence-electron chi connectivity index (χ0n) is 14.0. The third-order valence-corrected chi connectivity index (χ3v) is 4.25. The molecule has 0 fully saturated rings. The normalized spacial score (nSPS) is 10.8. The predicted molar refractivity (Wildman–Crippen MR) is 107 cm³/mol. The standard InChI is InChI=1S/C21H19BrN2O/c1-25-21-13-12-19(22)14-18(21)15-23-24(20-10-6-3-7-11-20)16-17-8-4-2-5-9-17/h2-15H,16H2,1H3/b23-15+. The van der Waals surface area contributed by atoms with Gasteiger partial charge in [-0.15, -0.1) is 0 Å². The SMILES string of the molecule is COc1ccc(Br)cc1/C=N/N(Cc1ccccc1)c1ccccc1. The van der Waals surface area contributed by atoms with Crippen LogP contribution in [0.1, 0.15) is 11.1 Å². The number of methoxy groups -OCH3 is 1. The topological polar surface area (TPSA) is 24.8 Å². The van der Waals surface area contributed by atoms with Crippen LogP contribution in [0, 0.1) is 0 Å². The zero-order chi connectivity index (χ0) is 17.5. The Bertz CT molecular complexity index is 835. The van der Waals surface area contributed by atoms with Crippen LogP contribution in [0.15, 0.2) is 88.4 Å². The summed E-state index contributed by atoms with van der Waals surface area (Å²) in [6, 6.07) is 26.3. The van der Waals surface area contributed by atoms with Gasteiger partial charge in [-0.25, -0.2) is 0 Å². The van der Waals surface area contributed by atoms with Crippen molar-refractivity contribution in [2.45, 2.75) is 6.54 Å². The maximum atomic E-state index is 5.43. The number of para-hydroxylation sites is 1. The van der Waals surface area contributed by atoms with E-state index >= 15 is 0 Å². The quantitative estimate of drug-likeness (QED) is 0.407. The van der Waals surface area contributed by atoms with Gasteiger partial charge in [0.1, 0.15) is 5.75 Å². The van der Waals surface area contributed by atoms with E-state index in [1.54, 1.807) is 7.11 Å². The molecule has 3 rings (SSSR count). The molecule has 25 heavy (non-hydrogen) atoms. The fourth-order valence-corrected chi connectivity index (χ4v) is 2.87. The molecule has 0 unspecified atom stereocenters. The van der Waals surface area contributed by atoms with Crippen LogP contribution in [0.5, 0.6) is 5.75 Å². The summed E-state index contributed by atoms with van der Waals surface area (Å²) < 4.78 is 6.42. The maximum Gasteiger partial charge on any atom is 0.127 e. The molecule has 0 spiro atoms. The molecule has 0 aliphatic rings. The van der Waals surface area contributed by atoms with Crippen LogP contribution in [0.2, 0.25) is 0 Å². The first-order valence-corrected chi connectivity index (χ1v) is 8.79. The molecule has 0 bridgehead atoms. The molecule has 3 aromatic carbocycles. The minimum absolute atomic E-state index is 0.692. The van der Waals surface area contributed by atoms with E-state index in [-0.39, 0.29) is 0 Å². The summed E-state index contributed by atoms with van der Waals surface area (Å²) in [6.07, 6.45) is 1.83. The average molecular weight is 395 g/mol. The largest absolute Gasteiger partial charge is 0.496 e. The van der Waals surface area contributed by atoms with Gasteiger partial charge < -0.3 is 4.74 Å². The van der Waals surface area contributed by atoms with Gasteiger partial charge in [0.05, 0.1) is 25.6 Å². The summed E-state index contributed by atoms with van der Waals surface area (Å²) in [4.78, 5) is 0. The van der Waals surface area contributed by atoms with Gasteiger partial charge in [-0.1, -0.05) is 64.5 Å². The third kappa shape index (κ3) is 4.70. The van der Waals surface area contributed by atoms with Gasteiger partial charge in [0, 0.05) is 10.0 Å². The summed E-state index contributed by atoms with van der Waals surface area (Å²) in [5.74, 6) is 0.791. The summed E-state index contributed by atoms with van der Waals surface area (Å²) in [5, 5.41) is 6.70. The van der Waals surface area contributed by atoms with Crippen LogP contribution in [0.4, 0.5) is 5.69 Å². The molecule has 0 heterocycles. The van der Waals surface area contributed by atoms with Crippen molar-refractivity contribution in [3.8, 4) is 5.75 Å². The highest BCUT2D eigenvalue weighted by atomic mass is 79.9. The van der Waals surface area contributed by atoms with Gasteiger partial charge in [0.15, 0.2) is 0 Å². The summed E-state index contributed by atoms with van der Waals surface area (Å²) >= 11 is 3.50. The van der Waals surface area contributed by atoms with E-state index in [1.165, 1.54) is 5.56 Å². The second kappa shape index (κ2) is 8.49. The number of benzene rings is 3. The van der Waals surface area contributed by atoms with E-state index in [0.717, 1.165) is 21.5 Å². The highest BCUT2D eigenvalue weighted by Gasteiger charge is 2.07. The maximum absolute atomic E-state index is 5.43. The van der Waals surface area contributed by atoms with E-state index in [4.69, 9.17) is 9.84 Å².